The molecule has 0 fully saturated rings. The summed E-state index contributed by atoms with van der Waals surface area (Å²) in [6.07, 6.45) is 0.260. The Morgan fingerprint density at radius 1 is 0.975 bits per heavy atom. The van der Waals surface area contributed by atoms with Crippen LogP contribution in [-0.4, -0.2) is 59.0 Å². The fourth-order valence-electron chi connectivity index (χ4n) is 4.11. The van der Waals surface area contributed by atoms with Crippen LogP contribution < -0.4 is 19.1 Å². The van der Waals surface area contributed by atoms with E-state index in [0.717, 1.165) is 4.31 Å². The van der Waals surface area contributed by atoms with Crippen molar-refractivity contribution in [3.63, 3.8) is 0 Å². The van der Waals surface area contributed by atoms with E-state index in [2.05, 4.69) is 5.32 Å². The SMILES string of the molecule is CC[C@@H](C(=O)NC)N(Cc1ccc(F)cc1)C(=O)CN(c1ccc(Cl)cc1)S(=O)(=O)c1ccc(OC)c(OC)c1. The second-order valence-electron chi connectivity index (χ2n) is 8.69. The molecule has 1 atom stereocenters. The van der Waals surface area contributed by atoms with Crippen LogP contribution in [0.3, 0.4) is 0 Å². The van der Waals surface area contributed by atoms with Crippen molar-refractivity contribution in [3.8, 4) is 11.5 Å². The number of sulfonamides is 1. The Labute approximate surface area is 238 Å². The minimum Gasteiger partial charge on any atom is -0.493 e. The van der Waals surface area contributed by atoms with E-state index in [9.17, 15) is 22.4 Å². The van der Waals surface area contributed by atoms with Gasteiger partial charge in [-0.05, 0) is 60.5 Å². The van der Waals surface area contributed by atoms with Crippen LogP contribution >= 0.6 is 11.6 Å². The van der Waals surface area contributed by atoms with E-state index in [1.807, 2.05) is 0 Å². The van der Waals surface area contributed by atoms with Gasteiger partial charge in [-0.25, -0.2) is 12.8 Å². The van der Waals surface area contributed by atoms with E-state index in [0.29, 0.717) is 16.3 Å². The van der Waals surface area contributed by atoms with Gasteiger partial charge in [-0.15, -0.1) is 0 Å². The zero-order chi connectivity index (χ0) is 29.4. The smallest absolute Gasteiger partial charge is 0.264 e. The van der Waals surface area contributed by atoms with Crippen molar-refractivity contribution in [1.29, 1.82) is 0 Å². The Kier molecular flexibility index (Phi) is 10.4. The average molecular weight is 592 g/mol. The highest BCUT2D eigenvalue weighted by Crippen LogP contribution is 2.32. The lowest BCUT2D eigenvalue weighted by Gasteiger charge is -2.33. The van der Waals surface area contributed by atoms with Gasteiger partial charge in [-0.3, -0.25) is 13.9 Å². The Bertz CT molecular complexity index is 1440. The molecule has 0 spiro atoms. The van der Waals surface area contributed by atoms with Gasteiger partial charge in [0.05, 0.1) is 24.8 Å². The number of carbonyl (C=O) groups excluding carboxylic acids is 2. The number of methoxy groups -OCH3 is 2. The Morgan fingerprint density at radius 3 is 2.15 bits per heavy atom. The molecule has 2 amide bonds. The van der Waals surface area contributed by atoms with Crippen LogP contribution in [0.1, 0.15) is 18.9 Å². The molecule has 0 unspecified atom stereocenters. The highest BCUT2D eigenvalue weighted by Gasteiger charge is 2.33. The number of anilines is 1. The van der Waals surface area contributed by atoms with Crippen LogP contribution in [0.4, 0.5) is 10.1 Å². The van der Waals surface area contributed by atoms with Crippen molar-refractivity contribution in [2.24, 2.45) is 0 Å². The summed E-state index contributed by atoms with van der Waals surface area (Å²) < 4.78 is 52.9. The molecule has 0 aliphatic rings. The lowest BCUT2D eigenvalue weighted by atomic mass is 10.1. The molecule has 0 heterocycles. The number of carbonyl (C=O) groups is 2. The number of likely N-dealkylation sites (N-methyl/N-ethyl adjacent to an activating group) is 1. The Hall–Kier alpha value is -3.83. The summed E-state index contributed by atoms with van der Waals surface area (Å²) in [5.41, 5.74) is 0.750. The van der Waals surface area contributed by atoms with Crippen LogP contribution in [0.25, 0.3) is 0 Å². The first-order chi connectivity index (χ1) is 19.0. The summed E-state index contributed by atoms with van der Waals surface area (Å²) >= 11 is 6.04. The summed E-state index contributed by atoms with van der Waals surface area (Å²) in [4.78, 5) is 27.8. The van der Waals surface area contributed by atoms with Gasteiger partial charge in [0.1, 0.15) is 18.4 Å². The van der Waals surface area contributed by atoms with E-state index in [-0.39, 0.29) is 29.3 Å². The minimum atomic E-state index is -4.33. The molecule has 3 aromatic carbocycles. The Balaban J connectivity index is 2.08. The topological polar surface area (TPSA) is 105 Å². The third kappa shape index (κ3) is 7.02. The first-order valence-corrected chi connectivity index (χ1v) is 14.1. The summed E-state index contributed by atoms with van der Waals surface area (Å²) in [5, 5.41) is 2.93. The zero-order valence-electron chi connectivity index (χ0n) is 22.6. The highest BCUT2D eigenvalue weighted by atomic mass is 35.5. The van der Waals surface area contributed by atoms with E-state index >= 15 is 0 Å². The maximum absolute atomic E-state index is 14.0. The van der Waals surface area contributed by atoms with Crippen molar-refractivity contribution in [1.82, 2.24) is 10.2 Å². The second kappa shape index (κ2) is 13.5. The lowest BCUT2D eigenvalue weighted by molar-refractivity contribution is -0.140. The number of nitrogens with zero attached hydrogens (tertiary/aromatic N) is 2. The largest absolute Gasteiger partial charge is 0.493 e. The molecule has 12 heteroatoms. The maximum atomic E-state index is 14.0. The van der Waals surface area contributed by atoms with Crippen molar-refractivity contribution in [2.75, 3.05) is 32.1 Å². The number of benzene rings is 3. The van der Waals surface area contributed by atoms with Crippen molar-refractivity contribution < 1.29 is 31.9 Å². The number of hydrogen-bond acceptors (Lipinski definition) is 6. The van der Waals surface area contributed by atoms with Crippen molar-refractivity contribution in [3.05, 3.63) is 83.1 Å². The molecule has 0 radical (unpaired) electrons. The highest BCUT2D eigenvalue weighted by molar-refractivity contribution is 7.92. The van der Waals surface area contributed by atoms with Gasteiger partial charge in [-0.1, -0.05) is 30.7 Å². The second-order valence-corrected chi connectivity index (χ2v) is 11.0. The van der Waals surface area contributed by atoms with E-state index < -0.39 is 40.2 Å². The summed E-state index contributed by atoms with van der Waals surface area (Å²) in [6.45, 7) is 1.06. The molecule has 0 bridgehead atoms. The monoisotopic (exact) mass is 591 g/mol. The number of halogens is 2. The lowest BCUT2D eigenvalue weighted by Crippen LogP contribution is -2.51. The number of rotatable bonds is 12. The van der Waals surface area contributed by atoms with E-state index in [4.69, 9.17) is 21.1 Å². The normalized spacial score (nSPS) is 11.8. The Morgan fingerprint density at radius 2 is 1.60 bits per heavy atom. The van der Waals surface area contributed by atoms with Crippen molar-refractivity contribution in [2.45, 2.75) is 30.8 Å². The van der Waals surface area contributed by atoms with E-state index in [1.165, 1.54) is 92.9 Å². The minimum absolute atomic E-state index is 0.0457. The standard InChI is InChI=1S/C28H31ClFN3O6S/c1-5-24(28(35)31-2)32(17-19-6-10-21(30)11-7-19)27(34)18-33(22-12-8-20(29)9-13-22)40(36,37)23-14-15-25(38-3)26(16-23)39-4/h6-16,24H,5,17-18H2,1-4H3,(H,31,35)/t24-/m0/s1. The van der Waals surface area contributed by atoms with Gasteiger partial charge >= 0.3 is 0 Å². The van der Waals surface area contributed by atoms with Gasteiger partial charge in [-0.2, -0.15) is 0 Å². The van der Waals surface area contributed by atoms with E-state index in [1.54, 1.807) is 6.92 Å². The van der Waals surface area contributed by atoms with Gasteiger partial charge < -0.3 is 19.7 Å². The molecular weight excluding hydrogens is 561 g/mol. The first-order valence-electron chi connectivity index (χ1n) is 12.3. The van der Waals surface area contributed by atoms with Gasteiger partial charge in [0.25, 0.3) is 10.0 Å². The fourth-order valence-corrected chi connectivity index (χ4v) is 5.67. The molecule has 9 nitrogen and oxygen atoms in total. The average Bonchev–Trinajstić information content (AvgIpc) is 2.96. The van der Waals surface area contributed by atoms with Crippen LogP contribution in [0.15, 0.2) is 71.6 Å². The predicted molar refractivity (Wildman–Crippen MR) is 151 cm³/mol. The molecule has 0 aliphatic carbocycles. The molecule has 0 saturated heterocycles. The number of nitrogens with one attached hydrogen (secondary N) is 1. The van der Waals surface area contributed by atoms with Gasteiger partial charge in [0, 0.05) is 24.7 Å². The predicted octanol–water partition coefficient (Wildman–Crippen LogP) is 4.25. The fraction of sp³-hybridized carbons (Fsp3) is 0.286. The summed E-state index contributed by atoms with van der Waals surface area (Å²) in [6, 6.07) is 14.7. The summed E-state index contributed by atoms with van der Waals surface area (Å²) in [5.74, 6) is -0.987. The van der Waals surface area contributed by atoms with Crippen LogP contribution in [0.2, 0.25) is 5.02 Å². The third-order valence-corrected chi connectivity index (χ3v) is 8.26. The van der Waals surface area contributed by atoms with Gasteiger partial charge in [0.2, 0.25) is 11.8 Å². The molecule has 214 valence electrons. The molecule has 40 heavy (non-hydrogen) atoms. The zero-order valence-corrected chi connectivity index (χ0v) is 24.1. The maximum Gasteiger partial charge on any atom is 0.264 e. The molecular formula is C28H31ClFN3O6S. The third-order valence-electron chi connectivity index (χ3n) is 6.23. The first kappa shape index (κ1) is 30.7. The quantitative estimate of drug-likeness (QED) is 0.338. The number of hydrogen-bond donors (Lipinski definition) is 1. The summed E-state index contributed by atoms with van der Waals surface area (Å²) in [7, 11) is -0.0730. The molecule has 1 N–H and O–H groups in total. The van der Waals surface area contributed by atoms with Crippen LogP contribution in [-0.2, 0) is 26.2 Å². The van der Waals surface area contributed by atoms with Crippen LogP contribution in [0, 0.1) is 5.82 Å². The molecule has 0 aliphatic heterocycles. The van der Waals surface area contributed by atoms with Crippen LogP contribution in [0.5, 0.6) is 11.5 Å². The number of ether oxygens (including phenoxy) is 2. The molecule has 3 aromatic rings. The number of amides is 2. The van der Waals surface area contributed by atoms with Crippen molar-refractivity contribution >= 4 is 39.1 Å². The van der Waals surface area contributed by atoms with Gasteiger partial charge in [0.15, 0.2) is 11.5 Å². The molecule has 3 rings (SSSR count). The molecule has 0 aromatic heterocycles. The molecule has 0 saturated carbocycles.